The van der Waals surface area contributed by atoms with E-state index in [4.69, 9.17) is 21.1 Å². The zero-order valence-corrected chi connectivity index (χ0v) is 13.9. The summed E-state index contributed by atoms with van der Waals surface area (Å²) in [6.07, 6.45) is 0. The second-order valence-electron chi connectivity index (χ2n) is 4.67. The van der Waals surface area contributed by atoms with Gasteiger partial charge in [0.05, 0.1) is 35.3 Å². The molecule has 0 spiro atoms. The van der Waals surface area contributed by atoms with Crippen molar-refractivity contribution >= 4 is 29.2 Å². The lowest BCUT2D eigenvalue weighted by atomic mass is 10.2. The smallest absolute Gasteiger partial charge is 0.345 e. The fourth-order valence-corrected chi connectivity index (χ4v) is 2.19. The Hall–Kier alpha value is -3.13. The molecule has 0 saturated carbocycles. The average Bonchev–Trinajstić information content (AvgIpc) is 2.60. The van der Waals surface area contributed by atoms with E-state index >= 15 is 0 Å². The summed E-state index contributed by atoms with van der Waals surface area (Å²) < 4.78 is 14.9. The number of carbonyl (C=O) groups is 2. The highest BCUT2D eigenvalue weighted by atomic mass is 35.5. The SMILES string of the molecule is COC(=O)c1ccc(OC(=O)c2ccc([N+](=O)[O-])cc2Cl)c(OC)c1. The van der Waals surface area contributed by atoms with Crippen molar-refractivity contribution in [2.24, 2.45) is 0 Å². The lowest BCUT2D eigenvalue weighted by Gasteiger charge is -2.11. The molecule has 130 valence electrons. The maximum absolute atomic E-state index is 12.2. The summed E-state index contributed by atoms with van der Waals surface area (Å²) in [5.41, 5.74) is -0.0829. The minimum Gasteiger partial charge on any atom is -0.493 e. The Morgan fingerprint density at radius 1 is 1.04 bits per heavy atom. The molecule has 0 bridgehead atoms. The van der Waals surface area contributed by atoms with Gasteiger partial charge in [-0.2, -0.15) is 0 Å². The molecule has 0 radical (unpaired) electrons. The number of nitrogens with zero attached hydrogens (tertiary/aromatic N) is 1. The van der Waals surface area contributed by atoms with Crippen LogP contribution in [0.25, 0.3) is 0 Å². The number of nitro groups is 1. The van der Waals surface area contributed by atoms with Crippen LogP contribution in [-0.4, -0.2) is 31.1 Å². The molecule has 0 aromatic heterocycles. The number of methoxy groups -OCH3 is 2. The Morgan fingerprint density at radius 3 is 2.32 bits per heavy atom. The number of hydrogen-bond donors (Lipinski definition) is 0. The highest BCUT2D eigenvalue weighted by molar-refractivity contribution is 6.33. The highest BCUT2D eigenvalue weighted by Gasteiger charge is 2.19. The summed E-state index contributed by atoms with van der Waals surface area (Å²) in [7, 11) is 2.58. The molecule has 0 heterocycles. The summed E-state index contributed by atoms with van der Waals surface area (Å²) in [4.78, 5) is 33.8. The highest BCUT2D eigenvalue weighted by Crippen LogP contribution is 2.30. The lowest BCUT2D eigenvalue weighted by Crippen LogP contribution is -2.11. The molecule has 0 atom stereocenters. The second-order valence-corrected chi connectivity index (χ2v) is 5.08. The molecule has 0 saturated heterocycles. The van der Waals surface area contributed by atoms with Crippen LogP contribution < -0.4 is 9.47 Å². The van der Waals surface area contributed by atoms with Gasteiger partial charge in [0.1, 0.15) is 0 Å². The minimum absolute atomic E-state index is 0.0497. The molecule has 0 aliphatic heterocycles. The van der Waals surface area contributed by atoms with E-state index < -0.39 is 16.9 Å². The monoisotopic (exact) mass is 365 g/mol. The molecule has 0 unspecified atom stereocenters. The summed E-state index contributed by atoms with van der Waals surface area (Å²) >= 11 is 5.90. The van der Waals surface area contributed by atoms with Crippen LogP contribution in [0.1, 0.15) is 20.7 Å². The van der Waals surface area contributed by atoms with Crippen molar-refractivity contribution in [2.75, 3.05) is 14.2 Å². The Kier molecular flexibility index (Phi) is 5.56. The van der Waals surface area contributed by atoms with Gasteiger partial charge in [-0.3, -0.25) is 10.1 Å². The molecule has 2 aromatic rings. The zero-order chi connectivity index (χ0) is 18.6. The number of rotatable bonds is 5. The number of non-ortho nitro benzene ring substituents is 1. The molecule has 25 heavy (non-hydrogen) atoms. The third-order valence-electron chi connectivity index (χ3n) is 3.17. The quantitative estimate of drug-likeness (QED) is 0.346. The third kappa shape index (κ3) is 4.04. The lowest BCUT2D eigenvalue weighted by molar-refractivity contribution is -0.384. The Bertz CT molecular complexity index is 850. The molecule has 0 aliphatic carbocycles. The summed E-state index contributed by atoms with van der Waals surface area (Å²) in [5.74, 6) is -1.22. The van der Waals surface area contributed by atoms with Gasteiger partial charge in [0.2, 0.25) is 0 Å². The van der Waals surface area contributed by atoms with E-state index in [-0.39, 0.29) is 33.3 Å². The van der Waals surface area contributed by atoms with E-state index in [1.165, 1.54) is 38.5 Å². The van der Waals surface area contributed by atoms with E-state index in [0.29, 0.717) is 0 Å². The first kappa shape index (κ1) is 18.2. The predicted molar refractivity (Wildman–Crippen MR) is 87.4 cm³/mol. The van der Waals surface area contributed by atoms with E-state index in [1.807, 2.05) is 0 Å². The molecule has 2 rings (SSSR count). The third-order valence-corrected chi connectivity index (χ3v) is 3.48. The van der Waals surface area contributed by atoms with Gasteiger partial charge in [-0.05, 0) is 24.3 Å². The van der Waals surface area contributed by atoms with Crippen molar-refractivity contribution in [3.8, 4) is 11.5 Å². The Labute approximate surface area is 147 Å². The maximum Gasteiger partial charge on any atom is 0.345 e. The van der Waals surface area contributed by atoms with Crippen molar-refractivity contribution in [1.29, 1.82) is 0 Å². The van der Waals surface area contributed by atoms with Gasteiger partial charge < -0.3 is 14.2 Å². The molecular formula is C16H12ClNO7. The summed E-state index contributed by atoms with van der Waals surface area (Å²) in [6.45, 7) is 0. The van der Waals surface area contributed by atoms with Gasteiger partial charge >= 0.3 is 11.9 Å². The molecule has 0 aliphatic rings. The van der Waals surface area contributed by atoms with E-state index in [1.54, 1.807) is 0 Å². The zero-order valence-electron chi connectivity index (χ0n) is 13.1. The number of hydrogen-bond acceptors (Lipinski definition) is 7. The topological polar surface area (TPSA) is 105 Å². The molecule has 0 amide bonds. The molecule has 2 aromatic carbocycles. The van der Waals surface area contributed by atoms with Crippen LogP contribution >= 0.6 is 11.6 Å². The fraction of sp³-hybridized carbons (Fsp3) is 0.125. The van der Waals surface area contributed by atoms with Gasteiger partial charge in [0, 0.05) is 12.1 Å². The predicted octanol–water partition coefficient (Wildman–Crippen LogP) is 3.26. The molecule has 0 N–H and O–H groups in total. The largest absolute Gasteiger partial charge is 0.493 e. The van der Waals surface area contributed by atoms with Crippen molar-refractivity contribution in [3.63, 3.8) is 0 Å². The van der Waals surface area contributed by atoms with Gasteiger partial charge in [-0.25, -0.2) is 9.59 Å². The average molecular weight is 366 g/mol. The van der Waals surface area contributed by atoms with Crippen LogP contribution in [0.5, 0.6) is 11.5 Å². The van der Waals surface area contributed by atoms with Crippen molar-refractivity contribution in [1.82, 2.24) is 0 Å². The molecule has 8 nitrogen and oxygen atoms in total. The van der Waals surface area contributed by atoms with E-state index in [0.717, 1.165) is 12.1 Å². The second kappa shape index (κ2) is 7.63. The number of nitro benzene ring substituents is 1. The van der Waals surface area contributed by atoms with Crippen LogP contribution in [0.2, 0.25) is 5.02 Å². The first-order valence-corrected chi connectivity index (χ1v) is 7.17. The standard InChI is InChI=1S/C16H12ClNO7/c1-23-14-7-9(15(19)24-2)3-6-13(14)25-16(20)11-5-4-10(18(21)22)8-12(11)17/h3-8H,1-2H3. The van der Waals surface area contributed by atoms with E-state index in [9.17, 15) is 19.7 Å². The van der Waals surface area contributed by atoms with Crippen molar-refractivity contribution in [2.45, 2.75) is 0 Å². The first-order valence-electron chi connectivity index (χ1n) is 6.80. The minimum atomic E-state index is -0.830. The van der Waals surface area contributed by atoms with Crippen molar-refractivity contribution < 1.29 is 28.7 Å². The molecule has 9 heteroatoms. The van der Waals surface area contributed by atoms with Crippen LogP contribution in [0, 0.1) is 10.1 Å². The fourth-order valence-electron chi connectivity index (χ4n) is 1.93. The molecule has 0 fully saturated rings. The van der Waals surface area contributed by atoms with Crippen LogP contribution in [0.3, 0.4) is 0 Å². The summed E-state index contributed by atoms with van der Waals surface area (Å²) in [5, 5.41) is 10.6. The van der Waals surface area contributed by atoms with Crippen LogP contribution in [-0.2, 0) is 4.74 Å². The number of carbonyl (C=O) groups excluding carboxylic acids is 2. The van der Waals surface area contributed by atoms with Gasteiger partial charge in [-0.1, -0.05) is 11.6 Å². The van der Waals surface area contributed by atoms with Crippen molar-refractivity contribution in [3.05, 3.63) is 62.7 Å². The first-order chi connectivity index (χ1) is 11.9. The summed E-state index contributed by atoms with van der Waals surface area (Å²) in [6, 6.07) is 7.50. The number of benzene rings is 2. The van der Waals surface area contributed by atoms with E-state index in [2.05, 4.69) is 4.74 Å². The number of esters is 2. The van der Waals surface area contributed by atoms with Crippen LogP contribution in [0.4, 0.5) is 5.69 Å². The Balaban J connectivity index is 2.28. The van der Waals surface area contributed by atoms with Gasteiger partial charge in [0.15, 0.2) is 11.5 Å². The normalized spacial score (nSPS) is 10.0. The Morgan fingerprint density at radius 2 is 1.76 bits per heavy atom. The molecular weight excluding hydrogens is 354 g/mol. The van der Waals surface area contributed by atoms with Gasteiger partial charge in [-0.15, -0.1) is 0 Å². The number of halogens is 1. The van der Waals surface area contributed by atoms with Gasteiger partial charge in [0.25, 0.3) is 5.69 Å². The maximum atomic E-state index is 12.2. The van der Waals surface area contributed by atoms with Crippen LogP contribution in [0.15, 0.2) is 36.4 Å². The number of ether oxygens (including phenoxy) is 3.